The van der Waals surface area contributed by atoms with Gasteiger partial charge in [-0.1, -0.05) is 51.9 Å². The molecule has 0 spiro atoms. The van der Waals surface area contributed by atoms with Crippen LogP contribution in [0.2, 0.25) is 0 Å². The zero-order valence-electron chi connectivity index (χ0n) is 18.3. The molecule has 1 aromatic rings. The van der Waals surface area contributed by atoms with E-state index in [9.17, 15) is 4.79 Å². The molecule has 0 radical (unpaired) electrons. The predicted octanol–water partition coefficient (Wildman–Crippen LogP) is 5.97. The number of nitrogens with zero attached hydrogens (tertiary/aromatic N) is 3. The highest BCUT2D eigenvalue weighted by molar-refractivity contribution is 7.11. The predicted molar refractivity (Wildman–Crippen MR) is 119 cm³/mol. The van der Waals surface area contributed by atoms with E-state index in [2.05, 4.69) is 22.0 Å². The smallest absolute Gasteiger partial charge is 0.225 e. The number of likely N-dealkylation sites (tertiary alicyclic amines) is 1. The Morgan fingerprint density at radius 2 is 1.69 bits per heavy atom. The van der Waals surface area contributed by atoms with Gasteiger partial charge in [0.2, 0.25) is 5.91 Å². The molecule has 4 rings (SSSR count). The zero-order chi connectivity index (χ0) is 20.1. The van der Waals surface area contributed by atoms with Crippen LogP contribution in [-0.2, 0) is 11.2 Å². The lowest BCUT2D eigenvalue weighted by Crippen LogP contribution is -2.42. The first-order valence-electron chi connectivity index (χ1n) is 12.3. The topological polar surface area (TPSA) is 46.1 Å². The molecule has 0 N–H and O–H groups in total. The molecule has 2 aliphatic carbocycles. The van der Waals surface area contributed by atoms with Crippen LogP contribution >= 0.6 is 11.3 Å². The second-order valence-corrected chi connectivity index (χ2v) is 10.9. The van der Waals surface area contributed by atoms with Gasteiger partial charge in [-0.3, -0.25) is 4.79 Å². The van der Waals surface area contributed by atoms with E-state index in [1.54, 1.807) is 0 Å². The second-order valence-electron chi connectivity index (χ2n) is 9.85. The fourth-order valence-corrected chi connectivity index (χ4v) is 6.90. The van der Waals surface area contributed by atoms with Crippen molar-refractivity contribution in [2.75, 3.05) is 13.1 Å². The monoisotopic (exact) mass is 417 g/mol. The first kappa shape index (κ1) is 21.3. The molecule has 0 aromatic carbocycles. The van der Waals surface area contributed by atoms with Crippen LogP contribution in [0, 0.1) is 17.8 Å². The molecule has 5 heteroatoms. The summed E-state index contributed by atoms with van der Waals surface area (Å²) in [7, 11) is 0. The molecule has 4 nitrogen and oxygen atoms in total. The Kier molecular flexibility index (Phi) is 7.60. The minimum atomic E-state index is 0.295. The maximum Gasteiger partial charge on any atom is 0.225 e. The van der Waals surface area contributed by atoms with E-state index in [4.69, 9.17) is 0 Å². The fourth-order valence-electron chi connectivity index (χ4n) is 5.77. The summed E-state index contributed by atoms with van der Waals surface area (Å²) < 4.78 is 0. The Bertz CT molecular complexity index is 638. The third-order valence-electron chi connectivity index (χ3n) is 7.74. The van der Waals surface area contributed by atoms with Crippen molar-refractivity contribution < 1.29 is 4.79 Å². The molecule has 1 aromatic heterocycles. The molecule has 0 unspecified atom stereocenters. The molecular weight excluding hydrogens is 378 g/mol. The summed E-state index contributed by atoms with van der Waals surface area (Å²) in [6.45, 7) is 4.10. The van der Waals surface area contributed by atoms with Crippen molar-refractivity contribution >= 4 is 17.2 Å². The van der Waals surface area contributed by atoms with Gasteiger partial charge in [-0.05, 0) is 50.4 Å². The van der Waals surface area contributed by atoms with Crippen LogP contribution in [0.1, 0.15) is 106 Å². The maximum absolute atomic E-state index is 13.0. The number of aromatic nitrogens is 2. The molecule has 0 bridgehead atoms. The summed E-state index contributed by atoms with van der Waals surface area (Å²) in [6, 6.07) is 0. The lowest BCUT2D eigenvalue weighted by Gasteiger charge is -2.36. The van der Waals surface area contributed by atoms with Gasteiger partial charge in [-0.15, -0.1) is 21.5 Å². The average molecular weight is 418 g/mol. The van der Waals surface area contributed by atoms with E-state index in [-0.39, 0.29) is 0 Å². The SMILES string of the molecule is CCCCC1CCC(C(=O)N2CCC(c3nnc(CC4CCCC4)s3)CC2)CC1. The molecule has 29 heavy (non-hydrogen) atoms. The highest BCUT2D eigenvalue weighted by Crippen LogP contribution is 2.36. The fraction of sp³-hybridized carbons (Fsp3) is 0.875. The van der Waals surface area contributed by atoms with Crippen molar-refractivity contribution in [1.29, 1.82) is 0 Å². The molecular formula is C24H39N3OS. The number of piperidine rings is 1. The first-order chi connectivity index (χ1) is 14.2. The van der Waals surface area contributed by atoms with Gasteiger partial charge in [0.1, 0.15) is 10.0 Å². The van der Waals surface area contributed by atoms with Crippen molar-refractivity contribution in [2.45, 2.75) is 103 Å². The van der Waals surface area contributed by atoms with Crippen LogP contribution in [0.25, 0.3) is 0 Å². The van der Waals surface area contributed by atoms with E-state index in [0.717, 1.165) is 57.0 Å². The maximum atomic E-state index is 13.0. The van der Waals surface area contributed by atoms with Gasteiger partial charge in [0.15, 0.2) is 0 Å². The van der Waals surface area contributed by atoms with Gasteiger partial charge in [-0.2, -0.15) is 0 Å². The molecule has 1 amide bonds. The lowest BCUT2D eigenvalue weighted by molar-refractivity contribution is -0.138. The van der Waals surface area contributed by atoms with E-state index in [1.165, 1.54) is 67.8 Å². The third-order valence-corrected chi connectivity index (χ3v) is 8.85. The summed E-state index contributed by atoms with van der Waals surface area (Å²) in [5.74, 6) is 2.96. The largest absolute Gasteiger partial charge is 0.342 e. The highest BCUT2D eigenvalue weighted by atomic mass is 32.1. The molecule has 3 aliphatic rings. The lowest BCUT2D eigenvalue weighted by atomic mass is 9.79. The van der Waals surface area contributed by atoms with Gasteiger partial charge in [-0.25, -0.2) is 0 Å². The van der Waals surface area contributed by atoms with Crippen molar-refractivity contribution in [3.8, 4) is 0 Å². The number of carbonyl (C=O) groups excluding carboxylic acids is 1. The van der Waals surface area contributed by atoms with Crippen molar-refractivity contribution in [1.82, 2.24) is 15.1 Å². The number of hydrogen-bond acceptors (Lipinski definition) is 4. The van der Waals surface area contributed by atoms with Crippen LogP contribution < -0.4 is 0 Å². The molecule has 2 saturated carbocycles. The van der Waals surface area contributed by atoms with Gasteiger partial charge < -0.3 is 4.90 Å². The van der Waals surface area contributed by atoms with Crippen molar-refractivity contribution in [3.63, 3.8) is 0 Å². The average Bonchev–Trinajstić information content (AvgIpc) is 3.45. The van der Waals surface area contributed by atoms with Crippen LogP contribution in [0.5, 0.6) is 0 Å². The molecule has 162 valence electrons. The van der Waals surface area contributed by atoms with Crippen LogP contribution in [0.3, 0.4) is 0 Å². The molecule has 2 heterocycles. The standard InChI is InChI=1S/C24H39N3OS/c1-2-3-6-18-9-11-21(12-10-18)24(28)27-15-13-20(14-16-27)23-26-25-22(29-23)17-19-7-4-5-8-19/h18-21H,2-17H2,1H3. The van der Waals surface area contributed by atoms with Gasteiger partial charge in [0.05, 0.1) is 0 Å². The summed E-state index contributed by atoms with van der Waals surface area (Å²) in [5, 5.41) is 11.5. The van der Waals surface area contributed by atoms with Crippen LogP contribution in [0.15, 0.2) is 0 Å². The number of amides is 1. The normalized spacial score (nSPS) is 26.9. The number of rotatable bonds is 7. The minimum absolute atomic E-state index is 0.295. The van der Waals surface area contributed by atoms with E-state index in [0.29, 0.717) is 17.7 Å². The van der Waals surface area contributed by atoms with Gasteiger partial charge in [0, 0.05) is 31.3 Å². The Labute approximate surface area is 180 Å². The summed E-state index contributed by atoms with van der Waals surface area (Å²) in [5.41, 5.74) is 0. The number of unbranched alkanes of at least 4 members (excludes halogenated alkanes) is 1. The first-order valence-corrected chi connectivity index (χ1v) is 13.2. The summed E-state index contributed by atoms with van der Waals surface area (Å²) >= 11 is 1.84. The number of hydrogen-bond donors (Lipinski definition) is 0. The van der Waals surface area contributed by atoms with Crippen molar-refractivity contribution in [2.24, 2.45) is 17.8 Å². The van der Waals surface area contributed by atoms with Gasteiger partial charge in [0.25, 0.3) is 0 Å². The van der Waals surface area contributed by atoms with Crippen LogP contribution in [-0.4, -0.2) is 34.1 Å². The van der Waals surface area contributed by atoms with E-state index in [1.807, 2.05) is 11.3 Å². The minimum Gasteiger partial charge on any atom is -0.342 e. The zero-order valence-corrected chi connectivity index (χ0v) is 19.1. The van der Waals surface area contributed by atoms with Crippen molar-refractivity contribution in [3.05, 3.63) is 10.0 Å². The molecule has 3 fully saturated rings. The third kappa shape index (κ3) is 5.59. The molecule has 1 aliphatic heterocycles. The Morgan fingerprint density at radius 3 is 2.38 bits per heavy atom. The molecule has 0 atom stereocenters. The quantitative estimate of drug-likeness (QED) is 0.549. The Balaban J connectivity index is 1.21. The Hall–Kier alpha value is -0.970. The summed E-state index contributed by atoms with van der Waals surface area (Å²) in [6.07, 6.45) is 17.6. The van der Waals surface area contributed by atoms with E-state index < -0.39 is 0 Å². The molecule has 1 saturated heterocycles. The van der Waals surface area contributed by atoms with Crippen LogP contribution in [0.4, 0.5) is 0 Å². The summed E-state index contributed by atoms with van der Waals surface area (Å²) in [4.78, 5) is 15.2. The van der Waals surface area contributed by atoms with Gasteiger partial charge >= 0.3 is 0 Å². The van der Waals surface area contributed by atoms with E-state index >= 15 is 0 Å². The Morgan fingerprint density at radius 1 is 0.966 bits per heavy atom. The number of carbonyl (C=O) groups is 1. The second kappa shape index (κ2) is 10.4. The highest BCUT2D eigenvalue weighted by Gasteiger charge is 2.32.